The third-order valence-corrected chi connectivity index (χ3v) is 14.2. The largest absolute Gasteiger partial charge is 0.467 e. The Kier molecular flexibility index (Phi) is 14.3. The zero-order valence-electron chi connectivity index (χ0n) is 31.6. The van der Waals surface area contributed by atoms with Crippen molar-refractivity contribution in [3.8, 4) is 0 Å². The predicted octanol–water partition coefficient (Wildman–Crippen LogP) is 5.74. The molecule has 0 aromatic heterocycles. The van der Waals surface area contributed by atoms with Crippen LogP contribution in [0.1, 0.15) is 68.9 Å². The fraction of sp³-hybridized carbons (Fsp3) is 0.585. The van der Waals surface area contributed by atoms with E-state index in [2.05, 4.69) is 10.6 Å². The van der Waals surface area contributed by atoms with Crippen LogP contribution in [0.15, 0.2) is 60.7 Å². The van der Waals surface area contributed by atoms with Gasteiger partial charge in [0.25, 0.3) is 0 Å². The first-order valence-corrected chi connectivity index (χ1v) is 21.7. The van der Waals surface area contributed by atoms with E-state index in [1.54, 1.807) is 16.7 Å². The number of carbonyl (C=O) groups excluding carboxylic acids is 5. The van der Waals surface area contributed by atoms with Crippen molar-refractivity contribution in [2.45, 2.75) is 106 Å². The Morgan fingerprint density at radius 1 is 0.750 bits per heavy atom. The number of piperidine rings is 2. The molecule has 0 radical (unpaired) electrons. The predicted molar refractivity (Wildman–Crippen MR) is 209 cm³/mol. The number of rotatable bonds is 12. The van der Waals surface area contributed by atoms with E-state index in [9.17, 15) is 37.1 Å². The lowest BCUT2D eigenvalue weighted by molar-refractivity contribution is -0.189. The van der Waals surface area contributed by atoms with Crippen molar-refractivity contribution < 1.29 is 41.9 Å². The molecule has 0 saturated carbocycles. The van der Waals surface area contributed by atoms with E-state index >= 15 is 0 Å². The smallest absolute Gasteiger partial charge is 0.393 e. The van der Waals surface area contributed by atoms with E-state index < -0.39 is 60.5 Å². The number of hydrogen-bond acceptors (Lipinski definition) is 8. The van der Waals surface area contributed by atoms with Gasteiger partial charge in [0.15, 0.2) is 0 Å². The Balaban J connectivity index is 1.19. The van der Waals surface area contributed by atoms with Crippen LogP contribution in [0, 0.1) is 17.8 Å². The lowest BCUT2D eigenvalue weighted by Crippen LogP contribution is -2.57. The summed E-state index contributed by atoms with van der Waals surface area (Å²) in [5.41, 5.74) is 1.80. The van der Waals surface area contributed by atoms with E-state index in [0.29, 0.717) is 43.6 Å². The average molecular weight is 817 g/mol. The molecular weight excluding hydrogens is 766 g/mol. The summed E-state index contributed by atoms with van der Waals surface area (Å²) in [5.74, 6) is -3.69. The van der Waals surface area contributed by atoms with Crippen LogP contribution in [0.2, 0.25) is 0 Å². The molecule has 4 heterocycles. The summed E-state index contributed by atoms with van der Waals surface area (Å²) >= 11 is 3.07. The number of hydrogen-bond donors (Lipinski definition) is 2. The highest BCUT2D eigenvalue weighted by atomic mass is 32.2. The van der Waals surface area contributed by atoms with E-state index in [4.69, 9.17) is 4.74 Å². The second kappa shape index (κ2) is 19.1. The number of fused-ring (bicyclic) bond motifs is 2. The number of alkyl halides is 3. The molecule has 0 spiro atoms. The van der Waals surface area contributed by atoms with Crippen LogP contribution < -0.4 is 10.6 Å². The molecule has 6 rings (SSSR count). The highest BCUT2D eigenvalue weighted by Crippen LogP contribution is 2.40. The third-order valence-electron chi connectivity index (χ3n) is 11.5. The van der Waals surface area contributed by atoms with Crippen LogP contribution in [0.25, 0.3) is 0 Å². The topological polar surface area (TPSA) is 125 Å². The zero-order chi connectivity index (χ0) is 39.8. The number of nitrogens with one attached hydrogen (secondary N) is 2. The van der Waals surface area contributed by atoms with Crippen molar-refractivity contribution in [3.63, 3.8) is 0 Å². The molecule has 2 N–H and O–H groups in total. The van der Waals surface area contributed by atoms with Crippen molar-refractivity contribution in [1.29, 1.82) is 0 Å². The Hall–Kier alpha value is -3.72. The maximum absolute atomic E-state index is 14.3. The van der Waals surface area contributed by atoms with Gasteiger partial charge in [0, 0.05) is 18.4 Å². The van der Waals surface area contributed by atoms with Gasteiger partial charge in [-0.3, -0.25) is 19.2 Å². The van der Waals surface area contributed by atoms with Gasteiger partial charge in [-0.2, -0.15) is 13.2 Å². The number of carbonyl (C=O) groups is 5. The van der Waals surface area contributed by atoms with Gasteiger partial charge in [-0.15, -0.1) is 23.5 Å². The Morgan fingerprint density at radius 2 is 1.29 bits per heavy atom. The number of thioether (sulfide) groups is 2. The van der Waals surface area contributed by atoms with Crippen LogP contribution in [-0.4, -0.2) is 99.6 Å². The molecule has 4 saturated heterocycles. The number of amides is 4. The van der Waals surface area contributed by atoms with Crippen molar-refractivity contribution in [1.82, 2.24) is 20.4 Å². The van der Waals surface area contributed by atoms with Gasteiger partial charge in [0.2, 0.25) is 23.6 Å². The normalized spacial score (nSPS) is 26.8. The molecule has 10 nitrogen and oxygen atoms in total. The maximum Gasteiger partial charge on any atom is 0.393 e. The number of halogens is 3. The molecule has 8 atom stereocenters. The van der Waals surface area contributed by atoms with E-state index in [1.807, 2.05) is 60.7 Å². The van der Waals surface area contributed by atoms with E-state index in [1.165, 1.54) is 23.8 Å². The summed E-state index contributed by atoms with van der Waals surface area (Å²) in [7, 11) is 1.31. The maximum atomic E-state index is 14.3. The first-order valence-electron chi connectivity index (χ1n) is 19.6. The molecule has 4 aliphatic heterocycles. The lowest BCUT2D eigenvalue weighted by atomic mass is 9.86. The number of methoxy groups -OCH3 is 1. The van der Waals surface area contributed by atoms with Gasteiger partial charge in [-0.1, -0.05) is 60.7 Å². The van der Waals surface area contributed by atoms with Crippen LogP contribution >= 0.6 is 23.5 Å². The Morgan fingerprint density at radius 3 is 1.82 bits per heavy atom. The van der Waals surface area contributed by atoms with Gasteiger partial charge >= 0.3 is 12.1 Å². The molecule has 304 valence electrons. The molecule has 4 aliphatic rings. The first kappa shape index (κ1) is 41.9. The molecule has 15 heteroatoms. The number of esters is 1. The zero-order valence-corrected chi connectivity index (χ0v) is 33.2. The highest BCUT2D eigenvalue weighted by Gasteiger charge is 2.48. The molecule has 56 heavy (non-hydrogen) atoms. The summed E-state index contributed by atoms with van der Waals surface area (Å²) in [5, 5.41) is 5.43. The van der Waals surface area contributed by atoms with Crippen LogP contribution in [0.4, 0.5) is 13.2 Å². The van der Waals surface area contributed by atoms with Crippen molar-refractivity contribution >= 4 is 53.1 Å². The quantitative estimate of drug-likeness (QED) is 0.261. The Bertz CT molecular complexity index is 1690. The van der Waals surface area contributed by atoms with Gasteiger partial charge in [-0.25, -0.2) is 4.79 Å². The van der Waals surface area contributed by atoms with E-state index in [0.717, 1.165) is 24.0 Å². The number of nitrogens with zero attached hydrogens (tertiary/aromatic N) is 2. The fourth-order valence-corrected chi connectivity index (χ4v) is 11.1. The minimum Gasteiger partial charge on any atom is -0.467 e. The van der Waals surface area contributed by atoms with Gasteiger partial charge < -0.3 is 25.2 Å². The number of benzene rings is 2. The second-order valence-electron chi connectivity index (χ2n) is 15.2. The fourth-order valence-electron chi connectivity index (χ4n) is 8.38. The lowest BCUT2D eigenvalue weighted by Gasteiger charge is -2.40. The summed E-state index contributed by atoms with van der Waals surface area (Å²) < 4.78 is 46.2. The molecule has 2 aromatic rings. The second-order valence-corrected chi connectivity index (χ2v) is 17.8. The molecule has 0 bridgehead atoms. The number of ether oxygens (including phenoxy) is 1. The molecule has 0 unspecified atom stereocenters. The van der Waals surface area contributed by atoms with E-state index in [-0.39, 0.29) is 54.2 Å². The van der Waals surface area contributed by atoms with Gasteiger partial charge in [0.05, 0.1) is 23.8 Å². The van der Waals surface area contributed by atoms with Gasteiger partial charge in [0.1, 0.15) is 18.1 Å². The SMILES string of the molecule is COC(=O)[C@@H]1CCC[C@@H]2SCC[C@H](NC(=O)[C@H](CC[C@H](Cc3ccccc3)C(=O)N[C@H]3CCS[C@H]4CC[C@H](C(F)(F)F)CN4C3=O)Cc3ccccc3)C(=O)N21. The van der Waals surface area contributed by atoms with Crippen molar-refractivity contribution in [2.24, 2.45) is 17.8 Å². The Labute approximate surface area is 334 Å². The summed E-state index contributed by atoms with van der Waals surface area (Å²) in [6, 6.07) is 16.4. The minimum absolute atomic E-state index is 0.0283. The monoisotopic (exact) mass is 816 g/mol. The molecule has 4 amide bonds. The summed E-state index contributed by atoms with van der Waals surface area (Å²) in [4.78, 5) is 71.9. The van der Waals surface area contributed by atoms with Crippen molar-refractivity contribution in [3.05, 3.63) is 71.8 Å². The van der Waals surface area contributed by atoms with Crippen molar-refractivity contribution in [2.75, 3.05) is 25.2 Å². The highest BCUT2D eigenvalue weighted by molar-refractivity contribution is 8.00. The average Bonchev–Trinajstić information content (AvgIpc) is 3.45. The third kappa shape index (κ3) is 10.4. The van der Waals surface area contributed by atoms with Crippen LogP contribution in [0.5, 0.6) is 0 Å². The van der Waals surface area contributed by atoms with Crippen LogP contribution in [-0.2, 0) is 41.6 Å². The minimum atomic E-state index is -4.41. The van der Waals surface area contributed by atoms with Crippen LogP contribution in [0.3, 0.4) is 0 Å². The molecular formula is C41H51F3N4O6S2. The first-order chi connectivity index (χ1) is 26.9. The molecule has 2 aromatic carbocycles. The molecule has 4 fully saturated rings. The van der Waals surface area contributed by atoms with Gasteiger partial charge in [-0.05, 0) is 93.3 Å². The summed E-state index contributed by atoms with van der Waals surface area (Å²) in [6.07, 6.45) is -0.194. The summed E-state index contributed by atoms with van der Waals surface area (Å²) in [6.45, 7) is -0.417. The molecule has 0 aliphatic carbocycles. The standard InChI is InChI=1S/C41H51F3N4O6S2/c1-54-40(53)33-13-8-14-35-48(33)39(52)32(20-22-56-35)46-37(50)29(24-27-11-6-3-7-12-27)16-15-28(23-26-9-4-2-5-10-26)36(49)45-31-19-21-55-34-18-17-30(41(42,43)44)25-47(34)38(31)51/h2-7,9-12,28-35H,8,13-25H2,1H3,(H,45,49)(H,46,50)/t28-,29-,30+,31+,32+,33+,34+,35+/m1/s1.